The summed E-state index contributed by atoms with van der Waals surface area (Å²) in [5, 5.41) is 0. The van der Waals surface area contributed by atoms with E-state index in [0.29, 0.717) is 11.1 Å². The van der Waals surface area contributed by atoms with Gasteiger partial charge in [0.05, 0.1) is 11.1 Å². The molecule has 1 aromatic carbocycles. The molecular weight excluding hydrogens is 424 g/mol. The van der Waals surface area contributed by atoms with Crippen molar-refractivity contribution in [1.82, 2.24) is 0 Å². The second kappa shape index (κ2) is 19.5. The van der Waals surface area contributed by atoms with Crippen molar-refractivity contribution in [3.8, 4) is 0 Å². The van der Waals surface area contributed by atoms with Crippen LogP contribution in [0.15, 0.2) is 24.3 Å². The number of esters is 2. The maximum Gasteiger partial charge on any atom is 0.338 e. The van der Waals surface area contributed by atoms with E-state index in [2.05, 4.69) is 27.7 Å². The monoisotopic (exact) mass is 474 g/mol. The number of rotatable bonds is 20. The van der Waals surface area contributed by atoms with E-state index >= 15 is 0 Å². The van der Waals surface area contributed by atoms with E-state index in [1.165, 1.54) is 0 Å². The molecule has 194 valence electrons. The molecule has 0 atom stereocenters. The zero-order valence-corrected chi connectivity index (χ0v) is 22.4. The summed E-state index contributed by atoms with van der Waals surface area (Å²) < 4.78 is 11.7. The van der Waals surface area contributed by atoms with Gasteiger partial charge in [0.15, 0.2) is 0 Å². The number of carbonyl (C=O) groups is 2. The molecular formula is C30H50O4. The topological polar surface area (TPSA) is 52.6 Å². The molecule has 0 radical (unpaired) electrons. The normalized spacial score (nSPS) is 11.2. The third kappa shape index (κ3) is 13.2. The minimum absolute atomic E-state index is 0.0257. The van der Waals surface area contributed by atoms with Crippen LogP contribution in [0.5, 0.6) is 0 Å². The molecule has 0 unspecified atom stereocenters. The smallest absolute Gasteiger partial charge is 0.338 e. The summed E-state index contributed by atoms with van der Waals surface area (Å²) in [5.74, 6) is -0.593. The Bertz CT molecular complexity index is 575. The molecule has 0 amide bonds. The van der Waals surface area contributed by atoms with Gasteiger partial charge in [0, 0.05) is 0 Å². The number of benzene rings is 1. The van der Waals surface area contributed by atoms with Crippen molar-refractivity contribution >= 4 is 11.9 Å². The van der Waals surface area contributed by atoms with Crippen molar-refractivity contribution in [2.75, 3.05) is 0 Å². The molecule has 0 bridgehead atoms. The van der Waals surface area contributed by atoms with Crippen LogP contribution >= 0.6 is 0 Å². The van der Waals surface area contributed by atoms with Crippen molar-refractivity contribution in [3.63, 3.8) is 0 Å². The molecule has 0 spiro atoms. The minimum atomic E-state index is -0.296. The number of hydrogen-bond donors (Lipinski definition) is 0. The van der Waals surface area contributed by atoms with E-state index in [4.69, 9.17) is 9.47 Å². The van der Waals surface area contributed by atoms with Gasteiger partial charge in [0.1, 0.15) is 12.2 Å². The van der Waals surface area contributed by atoms with Crippen molar-refractivity contribution in [1.29, 1.82) is 0 Å². The third-order valence-corrected chi connectivity index (χ3v) is 6.42. The van der Waals surface area contributed by atoms with Crippen molar-refractivity contribution in [2.24, 2.45) is 0 Å². The first-order valence-corrected chi connectivity index (χ1v) is 14.1. The molecule has 1 rings (SSSR count). The van der Waals surface area contributed by atoms with Gasteiger partial charge in [0.2, 0.25) is 0 Å². The Morgan fingerprint density at radius 1 is 0.529 bits per heavy atom. The Labute approximate surface area is 209 Å². The highest BCUT2D eigenvalue weighted by molar-refractivity contribution is 5.93. The lowest BCUT2D eigenvalue weighted by atomic mass is 10.0. The van der Waals surface area contributed by atoms with Gasteiger partial charge in [-0.15, -0.1) is 0 Å². The van der Waals surface area contributed by atoms with Crippen molar-refractivity contribution in [3.05, 3.63) is 35.4 Å². The van der Waals surface area contributed by atoms with E-state index in [9.17, 15) is 9.59 Å². The molecule has 4 heteroatoms. The summed E-state index contributed by atoms with van der Waals surface area (Å²) in [6, 6.07) is 6.77. The molecule has 0 heterocycles. The van der Waals surface area contributed by atoms with Gasteiger partial charge in [-0.2, -0.15) is 0 Å². The average Bonchev–Trinajstić information content (AvgIpc) is 2.84. The maximum atomic E-state index is 12.7. The lowest BCUT2D eigenvalue weighted by molar-refractivity contribution is 0.0234. The first kappa shape index (κ1) is 30.2. The van der Waals surface area contributed by atoms with E-state index in [1.54, 1.807) is 24.3 Å². The van der Waals surface area contributed by atoms with Gasteiger partial charge in [-0.25, -0.2) is 9.59 Å². The summed E-state index contributed by atoms with van der Waals surface area (Å²) in [6.07, 6.45) is 17.3. The van der Waals surface area contributed by atoms with Gasteiger partial charge >= 0.3 is 11.9 Å². The molecule has 0 aliphatic rings. The first-order chi connectivity index (χ1) is 16.5. The summed E-state index contributed by atoms with van der Waals surface area (Å²) in [4.78, 5) is 25.5. The molecule has 0 aliphatic carbocycles. The largest absolute Gasteiger partial charge is 0.459 e. The van der Waals surface area contributed by atoms with Crippen LogP contribution in [0.2, 0.25) is 0 Å². The van der Waals surface area contributed by atoms with E-state index < -0.39 is 0 Å². The van der Waals surface area contributed by atoms with Crippen molar-refractivity contribution < 1.29 is 19.1 Å². The Morgan fingerprint density at radius 3 is 1.03 bits per heavy atom. The molecule has 0 saturated carbocycles. The van der Waals surface area contributed by atoms with Crippen LogP contribution in [-0.4, -0.2) is 24.1 Å². The highest BCUT2D eigenvalue weighted by Crippen LogP contribution is 2.19. The van der Waals surface area contributed by atoms with Crippen molar-refractivity contribution in [2.45, 2.75) is 143 Å². The average molecular weight is 475 g/mol. The molecule has 0 saturated heterocycles. The summed E-state index contributed by atoms with van der Waals surface area (Å²) in [6.45, 7) is 8.74. The van der Waals surface area contributed by atoms with Gasteiger partial charge in [-0.3, -0.25) is 0 Å². The summed E-state index contributed by atoms with van der Waals surface area (Å²) in [7, 11) is 0. The predicted octanol–water partition coefficient (Wildman–Crippen LogP) is 9.06. The zero-order chi connectivity index (χ0) is 25.0. The van der Waals surface area contributed by atoms with Crippen LogP contribution < -0.4 is 0 Å². The Hall–Kier alpha value is -1.84. The SMILES string of the molecule is CCCCCC(CCCCC)OC(=O)c1ccc(C(=O)OC(CCCCC)CCCCC)cc1. The Balaban J connectivity index is 2.68. The molecule has 0 fully saturated rings. The quantitative estimate of drug-likeness (QED) is 0.140. The highest BCUT2D eigenvalue weighted by atomic mass is 16.5. The number of unbranched alkanes of at least 4 members (excludes halogenated alkanes) is 8. The van der Waals surface area contributed by atoms with Gasteiger partial charge < -0.3 is 9.47 Å². The maximum absolute atomic E-state index is 12.7. The predicted molar refractivity (Wildman–Crippen MR) is 141 cm³/mol. The molecule has 0 N–H and O–H groups in total. The van der Waals surface area contributed by atoms with Crippen LogP contribution in [-0.2, 0) is 9.47 Å². The molecule has 1 aromatic rings. The number of hydrogen-bond acceptors (Lipinski definition) is 4. The second-order valence-corrected chi connectivity index (χ2v) is 9.62. The zero-order valence-electron chi connectivity index (χ0n) is 22.4. The van der Waals surface area contributed by atoms with Crippen LogP contribution in [0.1, 0.15) is 151 Å². The van der Waals surface area contributed by atoms with E-state index in [1.807, 2.05) is 0 Å². The van der Waals surface area contributed by atoms with Gasteiger partial charge in [0.25, 0.3) is 0 Å². The van der Waals surface area contributed by atoms with Crippen LogP contribution in [0, 0.1) is 0 Å². The fourth-order valence-electron chi connectivity index (χ4n) is 4.19. The first-order valence-electron chi connectivity index (χ1n) is 14.1. The van der Waals surface area contributed by atoms with Crippen LogP contribution in [0.25, 0.3) is 0 Å². The van der Waals surface area contributed by atoms with Gasteiger partial charge in [-0.05, 0) is 75.6 Å². The fraction of sp³-hybridized carbons (Fsp3) is 0.733. The second-order valence-electron chi connectivity index (χ2n) is 9.62. The van der Waals surface area contributed by atoms with E-state index in [0.717, 1.165) is 103 Å². The Morgan fingerprint density at radius 2 is 0.794 bits per heavy atom. The van der Waals surface area contributed by atoms with Crippen LogP contribution in [0.3, 0.4) is 0 Å². The van der Waals surface area contributed by atoms with Gasteiger partial charge in [-0.1, -0.05) is 79.1 Å². The number of carbonyl (C=O) groups excluding carboxylic acids is 2. The molecule has 34 heavy (non-hydrogen) atoms. The molecule has 0 aliphatic heterocycles. The summed E-state index contributed by atoms with van der Waals surface area (Å²) in [5.41, 5.74) is 0.991. The number of ether oxygens (including phenoxy) is 2. The lowest BCUT2D eigenvalue weighted by Gasteiger charge is -2.19. The highest BCUT2D eigenvalue weighted by Gasteiger charge is 2.18. The summed E-state index contributed by atoms with van der Waals surface area (Å²) >= 11 is 0. The standard InChI is InChI=1S/C30H50O4/c1-5-9-13-17-27(18-14-10-6-2)33-29(31)25-21-23-26(24-22-25)30(32)34-28(19-15-11-7-3)20-16-12-8-4/h21-24,27-28H,5-20H2,1-4H3. The van der Waals surface area contributed by atoms with E-state index in [-0.39, 0.29) is 24.1 Å². The fourth-order valence-corrected chi connectivity index (χ4v) is 4.19. The van der Waals surface area contributed by atoms with Crippen LogP contribution in [0.4, 0.5) is 0 Å². The molecule has 4 nitrogen and oxygen atoms in total. The minimum Gasteiger partial charge on any atom is -0.459 e. The third-order valence-electron chi connectivity index (χ3n) is 6.42. The Kier molecular flexibility index (Phi) is 17.3. The lowest BCUT2D eigenvalue weighted by Crippen LogP contribution is -2.20. The molecule has 0 aromatic heterocycles.